The summed E-state index contributed by atoms with van der Waals surface area (Å²) in [5.41, 5.74) is -1.13. The topological polar surface area (TPSA) is 78.9 Å². The standard InChI is InChI=1S/C14H13FN2O4.C4H10/c1-14-6-21-7-17(14)13(20)10(11(14)18)12(19)16-9-4-2-3-8(15)5-9;1-3-4-2/h2-5,18H,6-7H2,1H3,(H,16,19);3-4H2,1-2H3/t14-;/m1./s1. The van der Waals surface area contributed by atoms with Crippen LogP contribution in [0, 0.1) is 5.82 Å². The third-order valence-electron chi connectivity index (χ3n) is 4.21. The zero-order chi connectivity index (χ0) is 18.6. The molecule has 25 heavy (non-hydrogen) atoms. The normalized spacial score (nSPS) is 21.8. The second-order valence-electron chi connectivity index (χ2n) is 6.17. The summed E-state index contributed by atoms with van der Waals surface area (Å²) in [6.45, 7) is 6.13. The summed E-state index contributed by atoms with van der Waals surface area (Å²) >= 11 is 0. The Morgan fingerprint density at radius 2 is 2.08 bits per heavy atom. The fourth-order valence-electron chi connectivity index (χ4n) is 2.51. The molecule has 1 fully saturated rings. The number of rotatable bonds is 3. The van der Waals surface area contributed by atoms with Gasteiger partial charge >= 0.3 is 0 Å². The molecule has 6 nitrogen and oxygen atoms in total. The monoisotopic (exact) mass is 350 g/mol. The van der Waals surface area contributed by atoms with Gasteiger partial charge in [-0.15, -0.1) is 0 Å². The summed E-state index contributed by atoms with van der Waals surface area (Å²) in [6.07, 6.45) is 2.64. The van der Waals surface area contributed by atoms with Crippen LogP contribution in [0.5, 0.6) is 0 Å². The molecule has 3 rings (SSSR count). The van der Waals surface area contributed by atoms with E-state index in [2.05, 4.69) is 19.2 Å². The Labute approximate surface area is 146 Å². The Hall–Kier alpha value is -2.41. The first kappa shape index (κ1) is 18.9. The van der Waals surface area contributed by atoms with Crippen molar-refractivity contribution in [1.29, 1.82) is 0 Å². The summed E-state index contributed by atoms with van der Waals surface area (Å²) in [7, 11) is 0. The van der Waals surface area contributed by atoms with E-state index in [1.165, 1.54) is 35.9 Å². The molecular weight excluding hydrogens is 327 g/mol. The van der Waals surface area contributed by atoms with Crippen LogP contribution in [-0.2, 0) is 14.3 Å². The van der Waals surface area contributed by atoms with Crippen LogP contribution in [0.1, 0.15) is 33.6 Å². The minimum absolute atomic E-state index is 0.0239. The fraction of sp³-hybridized carbons (Fsp3) is 0.444. The average molecular weight is 350 g/mol. The maximum atomic E-state index is 13.1. The van der Waals surface area contributed by atoms with Gasteiger partial charge in [-0.3, -0.25) is 14.5 Å². The van der Waals surface area contributed by atoms with Crippen molar-refractivity contribution >= 4 is 17.5 Å². The lowest BCUT2D eigenvalue weighted by Gasteiger charge is -2.24. The Morgan fingerprint density at radius 3 is 2.64 bits per heavy atom. The van der Waals surface area contributed by atoms with Gasteiger partial charge in [-0.1, -0.05) is 32.8 Å². The molecule has 0 radical (unpaired) electrons. The van der Waals surface area contributed by atoms with E-state index in [-0.39, 0.29) is 30.4 Å². The predicted molar refractivity (Wildman–Crippen MR) is 91.3 cm³/mol. The lowest BCUT2D eigenvalue weighted by atomic mass is 10.0. The van der Waals surface area contributed by atoms with Gasteiger partial charge in [-0.25, -0.2) is 4.39 Å². The molecule has 0 unspecified atom stereocenters. The molecule has 2 aliphatic heterocycles. The highest BCUT2D eigenvalue weighted by molar-refractivity contribution is 6.24. The summed E-state index contributed by atoms with van der Waals surface area (Å²) < 4.78 is 18.2. The van der Waals surface area contributed by atoms with Gasteiger partial charge in [0.15, 0.2) is 0 Å². The first-order chi connectivity index (χ1) is 11.8. The van der Waals surface area contributed by atoms with Gasteiger partial charge in [-0.05, 0) is 25.1 Å². The third-order valence-corrected chi connectivity index (χ3v) is 4.21. The average Bonchev–Trinajstić information content (AvgIpc) is 3.05. The molecule has 1 aromatic carbocycles. The molecule has 1 aromatic rings. The van der Waals surface area contributed by atoms with Gasteiger partial charge in [0.1, 0.15) is 29.4 Å². The smallest absolute Gasteiger partial charge is 0.265 e. The van der Waals surface area contributed by atoms with Crippen molar-refractivity contribution in [1.82, 2.24) is 4.90 Å². The summed E-state index contributed by atoms with van der Waals surface area (Å²) in [5.74, 6) is -2.19. The number of nitrogens with one attached hydrogen (secondary N) is 1. The number of carbonyl (C=O) groups excluding carboxylic acids is 2. The number of benzene rings is 1. The largest absolute Gasteiger partial charge is 0.509 e. The van der Waals surface area contributed by atoms with Crippen LogP contribution in [0.4, 0.5) is 10.1 Å². The molecule has 2 N–H and O–H groups in total. The van der Waals surface area contributed by atoms with Gasteiger partial charge in [0.05, 0.1) is 6.61 Å². The minimum Gasteiger partial charge on any atom is -0.509 e. The quantitative estimate of drug-likeness (QED) is 0.822. The molecule has 2 amide bonds. The number of aliphatic hydroxyl groups excluding tert-OH is 1. The van der Waals surface area contributed by atoms with Crippen LogP contribution < -0.4 is 5.32 Å². The number of amides is 2. The van der Waals surface area contributed by atoms with Gasteiger partial charge in [0.2, 0.25) is 0 Å². The van der Waals surface area contributed by atoms with E-state index in [0.717, 1.165) is 6.07 Å². The van der Waals surface area contributed by atoms with Crippen molar-refractivity contribution in [2.24, 2.45) is 0 Å². The molecule has 136 valence electrons. The summed E-state index contributed by atoms with van der Waals surface area (Å²) in [6, 6.07) is 5.29. The van der Waals surface area contributed by atoms with Crippen molar-refractivity contribution in [2.75, 3.05) is 18.7 Å². The summed E-state index contributed by atoms with van der Waals surface area (Å²) in [4.78, 5) is 25.7. The summed E-state index contributed by atoms with van der Waals surface area (Å²) in [5, 5.41) is 12.6. The lowest BCUT2D eigenvalue weighted by Crippen LogP contribution is -2.42. The molecule has 2 aliphatic rings. The van der Waals surface area contributed by atoms with Crippen molar-refractivity contribution in [2.45, 2.75) is 39.2 Å². The van der Waals surface area contributed by atoms with Crippen LogP contribution in [0.15, 0.2) is 35.6 Å². The van der Waals surface area contributed by atoms with E-state index in [9.17, 15) is 19.1 Å². The number of nitrogens with zero attached hydrogens (tertiary/aromatic N) is 1. The van der Waals surface area contributed by atoms with Crippen LogP contribution in [0.2, 0.25) is 0 Å². The second-order valence-corrected chi connectivity index (χ2v) is 6.17. The van der Waals surface area contributed by atoms with Crippen molar-refractivity contribution in [3.63, 3.8) is 0 Å². The van der Waals surface area contributed by atoms with Gasteiger partial charge < -0.3 is 15.2 Å². The number of ether oxygens (including phenoxy) is 1. The number of halogens is 1. The number of carbonyl (C=O) groups is 2. The Balaban J connectivity index is 0.000000511. The van der Waals surface area contributed by atoms with Gasteiger partial charge in [0.25, 0.3) is 11.8 Å². The highest BCUT2D eigenvalue weighted by Gasteiger charge is 2.54. The Morgan fingerprint density at radius 1 is 1.40 bits per heavy atom. The highest BCUT2D eigenvalue weighted by Crippen LogP contribution is 2.38. The molecule has 0 bridgehead atoms. The van der Waals surface area contributed by atoms with Crippen LogP contribution in [-0.4, -0.2) is 40.7 Å². The first-order valence-corrected chi connectivity index (χ1v) is 8.25. The van der Waals surface area contributed by atoms with E-state index >= 15 is 0 Å². The van der Waals surface area contributed by atoms with E-state index in [4.69, 9.17) is 4.74 Å². The number of aliphatic hydroxyl groups is 1. The zero-order valence-electron chi connectivity index (χ0n) is 14.6. The molecule has 1 atom stereocenters. The molecule has 2 heterocycles. The predicted octanol–water partition coefficient (Wildman–Crippen LogP) is 2.97. The minimum atomic E-state index is -1.01. The van der Waals surface area contributed by atoms with E-state index in [1.807, 2.05) is 0 Å². The number of unbranched alkanes of at least 4 members (excludes halogenated alkanes) is 1. The number of hydrogen-bond donors (Lipinski definition) is 2. The number of hydrogen-bond acceptors (Lipinski definition) is 4. The molecule has 7 heteroatoms. The SMILES string of the molecule is CCCC.C[C@]12COCN1C(=O)C(C(=O)Nc1cccc(F)c1)=C2O. The molecule has 0 spiro atoms. The van der Waals surface area contributed by atoms with Crippen LogP contribution >= 0.6 is 0 Å². The van der Waals surface area contributed by atoms with Gasteiger partial charge in [0, 0.05) is 5.69 Å². The molecule has 0 saturated carbocycles. The Bertz CT molecular complexity index is 702. The number of anilines is 1. The van der Waals surface area contributed by atoms with Crippen LogP contribution in [0.3, 0.4) is 0 Å². The van der Waals surface area contributed by atoms with Crippen molar-refractivity contribution in [3.8, 4) is 0 Å². The second kappa shape index (κ2) is 7.65. The zero-order valence-corrected chi connectivity index (χ0v) is 14.6. The van der Waals surface area contributed by atoms with Gasteiger partial charge in [-0.2, -0.15) is 0 Å². The van der Waals surface area contributed by atoms with E-state index in [1.54, 1.807) is 6.92 Å². The molecule has 1 saturated heterocycles. The molecule has 0 aromatic heterocycles. The lowest BCUT2D eigenvalue weighted by molar-refractivity contribution is -0.130. The van der Waals surface area contributed by atoms with E-state index < -0.39 is 23.2 Å². The van der Waals surface area contributed by atoms with Crippen molar-refractivity contribution < 1.29 is 23.8 Å². The van der Waals surface area contributed by atoms with E-state index in [0.29, 0.717) is 0 Å². The first-order valence-electron chi connectivity index (χ1n) is 8.25. The highest BCUT2D eigenvalue weighted by atomic mass is 19.1. The number of fused-ring (bicyclic) bond motifs is 1. The maximum Gasteiger partial charge on any atom is 0.265 e. The molecule has 0 aliphatic carbocycles. The Kier molecular flexibility index (Phi) is 5.79. The fourth-order valence-corrected chi connectivity index (χ4v) is 2.51. The van der Waals surface area contributed by atoms with Crippen LogP contribution in [0.25, 0.3) is 0 Å². The molecular formula is C18H23FN2O4. The van der Waals surface area contributed by atoms with Crippen molar-refractivity contribution in [3.05, 3.63) is 41.4 Å². The third kappa shape index (κ3) is 3.66. The maximum absolute atomic E-state index is 13.1.